The van der Waals surface area contributed by atoms with Gasteiger partial charge in [0.05, 0.1) is 7.11 Å². The van der Waals surface area contributed by atoms with E-state index in [-0.39, 0.29) is 18.6 Å². The van der Waals surface area contributed by atoms with Crippen molar-refractivity contribution in [3.63, 3.8) is 0 Å². The van der Waals surface area contributed by atoms with Gasteiger partial charge in [0.25, 0.3) is 5.91 Å². The second-order valence-electron chi connectivity index (χ2n) is 8.51. The van der Waals surface area contributed by atoms with E-state index in [1.165, 1.54) is 28.9 Å². The number of aryl methyl sites for hydroxylation is 2. The van der Waals surface area contributed by atoms with Crippen LogP contribution < -0.4 is 10.1 Å². The molecule has 1 aromatic carbocycles. The number of amides is 1. The van der Waals surface area contributed by atoms with Crippen LogP contribution in [-0.2, 0) is 22.4 Å². The molecule has 5 nitrogen and oxygen atoms in total. The number of nitrogens with one attached hydrogen (secondary N) is 1. The van der Waals surface area contributed by atoms with Crippen LogP contribution in [0.2, 0.25) is 0 Å². The molecule has 2 aliphatic rings. The number of methoxy groups -OCH3 is 1. The minimum absolute atomic E-state index is 0.169. The van der Waals surface area contributed by atoms with E-state index in [9.17, 15) is 9.59 Å². The first-order valence-corrected chi connectivity index (χ1v) is 11.5. The van der Waals surface area contributed by atoms with Gasteiger partial charge in [-0.3, -0.25) is 4.79 Å². The third kappa shape index (κ3) is 4.24. The van der Waals surface area contributed by atoms with Crippen LogP contribution in [0.5, 0.6) is 5.75 Å². The van der Waals surface area contributed by atoms with Crippen LogP contribution in [0.1, 0.15) is 53.9 Å². The van der Waals surface area contributed by atoms with Crippen LogP contribution in [0.4, 0.5) is 0 Å². The maximum absolute atomic E-state index is 12.6. The normalized spacial score (nSPS) is 22.6. The van der Waals surface area contributed by atoms with E-state index in [2.05, 4.69) is 31.3 Å². The predicted molar refractivity (Wildman–Crippen MR) is 118 cm³/mol. The molecule has 0 bridgehead atoms. The summed E-state index contributed by atoms with van der Waals surface area (Å²) in [4.78, 5) is 26.6. The van der Waals surface area contributed by atoms with Gasteiger partial charge in [0.15, 0.2) is 6.61 Å². The number of rotatable bonds is 5. The first-order valence-electron chi connectivity index (χ1n) is 10.7. The SMILES string of the molecule is COc1ccc2c(c1)CCc1cc(C(=O)OCC(=O)N[C@H]3CCC[C@H](C)[C@H]3C)sc1-2. The van der Waals surface area contributed by atoms with Gasteiger partial charge in [-0.15, -0.1) is 11.3 Å². The lowest BCUT2D eigenvalue weighted by molar-refractivity contribution is -0.125. The molecule has 0 spiro atoms. The third-order valence-corrected chi connectivity index (χ3v) is 7.81. The number of hydrogen-bond acceptors (Lipinski definition) is 5. The Morgan fingerprint density at radius 3 is 2.73 bits per heavy atom. The van der Waals surface area contributed by atoms with Crippen LogP contribution in [0.3, 0.4) is 0 Å². The number of thiophene rings is 1. The molecular weight excluding hydrogens is 398 g/mol. The zero-order chi connectivity index (χ0) is 21.3. The van der Waals surface area contributed by atoms with E-state index in [0.717, 1.165) is 41.9 Å². The van der Waals surface area contributed by atoms with Crippen molar-refractivity contribution in [1.29, 1.82) is 0 Å². The lowest BCUT2D eigenvalue weighted by atomic mass is 9.78. The van der Waals surface area contributed by atoms with Crippen molar-refractivity contribution in [1.82, 2.24) is 5.32 Å². The molecule has 2 aliphatic carbocycles. The van der Waals surface area contributed by atoms with E-state index in [0.29, 0.717) is 16.7 Å². The molecule has 3 atom stereocenters. The summed E-state index contributed by atoms with van der Waals surface area (Å²) in [5.41, 5.74) is 3.55. The highest BCUT2D eigenvalue weighted by Gasteiger charge is 2.28. The summed E-state index contributed by atoms with van der Waals surface area (Å²) in [6.45, 7) is 4.19. The summed E-state index contributed by atoms with van der Waals surface area (Å²) in [5, 5.41) is 3.05. The molecule has 1 aromatic heterocycles. The Labute approximate surface area is 181 Å². The third-order valence-electron chi connectivity index (χ3n) is 6.62. The Hall–Kier alpha value is -2.34. The molecule has 0 saturated heterocycles. The molecule has 0 aliphatic heterocycles. The van der Waals surface area contributed by atoms with Gasteiger partial charge in [-0.1, -0.05) is 26.7 Å². The highest BCUT2D eigenvalue weighted by Crippen LogP contribution is 2.41. The highest BCUT2D eigenvalue weighted by atomic mass is 32.1. The Morgan fingerprint density at radius 2 is 1.93 bits per heavy atom. The quantitative estimate of drug-likeness (QED) is 0.707. The van der Waals surface area contributed by atoms with Gasteiger partial charge in [0, 0.05) is 10.9 Å². The largest absolute Gasteiger partial charge is 0.497 e. The summed E-state index contributed by atoms with van der Waals surface area (Å²) in [5.74, 6) is 1.26. The van der Waals surface area contributed by atoms with Crippen molar-refractivity contribution >= 4 is 23.2 Å². The molecule has 0 radical (unpaired) electrons. The second-order valence-corrected chi connectivity index (χ2v) is 9.56. The lowest BCUT2D eigenvalue weighted by Gasteiger charge is -2.34. The Kier molecular flexibility index (Phi) is 6.14. The predicted octanol–water partition coefficient (Wildman–Crippen LogP) is 4.62. The number of carbonyl (C=O) groups is 2. The summed E-state index contributed by atoms with van der Waals surface area (Å²) in [7, 11) is 1.67. The summed E-state index contributed by atoms with van der Waals surface area (Å²) < 4.78 is 10.7. The topological polar surface area (TPSA) is 64.6 Å². The van der Waals surface area contributed by atoms with Gasteiger partial charge in [-0.25, -0.2) is 4.79 Å². The van der Waals surface area contributed by atoms with Gasteiger partial charge in [-0.05, 0) is 72.1 Å². The molecule has 1 amide bonds. The molecule has 0 unspecified atom stereocenters. The van der Waals surface area contributed by atoms with E-state index in [1.54, 1.807) is 7.11 Å². The zero-order valence-corrected chi connectivity index (χ0v) is 18.6. The first-order chi connectivity index (χ1) is 14.5. The summed E-state index contributed by atoms with van der Waals surface area (Å²) in [6, 6.07) is 8.15. The number of hydrogen-bond donors (Lipinski definition) is 1. The monoisotopic (exact) mass is 427 g/mol. The highest BCUT2D eigenvalue weighted by molar-refractivity contribution is 7.17. The average molecular weight is 428 g/mol. The van der Waals surface area contributed by atoms with Crippen molar-refractivity contribution in [2.75, 3.05) is 13.7 Å². The molecular formula is C24H29NO4S. The van der Waals surface area contributed by atoms with Crippen molar-refractivity contribution < 1.29 is 19.1 Å². The number of benzene rings is 1. The lowest BCUT2D eigenvalue weighted by Crippen LogP contribution is -2.45. The Bertz CT molecular complexity index is 951. The van der Waals surface area contributed by atoms with Gasteiger partial charge in [0.1, 0.15) is 10.6 Å². The van der Waals surface area contributed by atoms with E-state index in [4.69, 9.17) is 9.47 Å². The fraction of sp³-hybridized carbons (Fsp3) is 0.500. The van der Waals surface area contributed by atoms with Gasteiger partial charge in [0.2, 0.25) is 0 Å². The first kappa shape index (κ1) is 20.9. The van der Waals surface area contributed by atoms with Gasteiger partial charge >= 0.3 is 5.97 Å². The maximum atomic E-state index is 12.6. The molecule has 1 N–H and O–H groups in total. The van der Waals surface area contributed by atoms with Crippen molar-refractivity contribution in [2.24, 2.45) is 11.8 Å². The summed E-state index contributed by atoms with van der Waals surface area (Å²) >= 11 is 1.44. The molecule has 1 heterocycles. The van der Waals surface area contributed by atoms with Crippen LogP contribution in [0, 0.1) is 11.8 Å². The average Bonchev–Trinajstić information content (AvgIpc) is 3.19. The molecule has 1 fully saturated rings. The van der Waals surface area contributed by atoms with Crippen LogP contribution >= 0.6 is 11.3 Å². The van der Waals surface area contributed by atoms with Crippen molar-refractivity contribution in [2.45, 2.75) is 52.0 Å². The smallest absolute Gasteiger partial charge is 0.348 e. The fourth-order valence-corrected chi connectivity index (χ4v) is 5.74. The van der Waals surface area contributed by atoms with E-state index >= 15 is 0 Å². The number of carbonyl (C=O) groups excluding carboxylic acids is 2. The number of ether oxygens (including phenoxy) is 2. The maximum Gasteiger partial charge on any atom is 0.348 e. The van der Waals surface area contributed by atoms with Crippen LogP contribution in [0.15, 0.2) is 24.3 Å². The number of fused-ring (bicyclic) bond motifs is 3. The van der Waals surface area contributed by atoms with Crippen LogP contribution in [-0.4, -0.2) is 31.6 Å². The Balaban J connectivity index is 1.38. The van der Waals surface area contributed by atoms with Gasteiger partial charge < -0.3 is 14.8 Å². The van der Waals surface area contributed by atoms with Crippen molar-refractivity contribution in [3.05, 3.63) is 40.3 Å². The molecule has 2 aromatic rings. The van der Waals surface area contributed by atoms with Crippen LogP contribution in [0.25, 0.3) is 10.4 Å². The molecule has 6 heteroatoms. The van der Waals surface area contributed by atoms with Gasteiger partial charge in [-0.2, -0.15) is 0 Å². The molecule has 4 rings (SSSR count). The molecule has 1 saturated carbocycles. The standard InChI is InChI=1S/C24H29NO4S/c1-14-5-4-6-20(15(14)2)25-22(26)13-29-24(27)21-12-17-8-7-16-11-18(28-3)9-10-19(16)23(17)30-21/h9-12,14-15,20H,4-8,13H2,1-3H3,(H,25,26)/t14-,15+,20-/m0/s1. The van der Waals surface area contributed by atoms with E-state index < -0.39 is 5.97 Å². The van der Waals surface area contributed by atoms with Crippen molar-refractivity contribution in [3.8, 4) is 16.2 Å². The van der Waals surface area contributed by atoms with E-state index in [1.807, 2.05) is 12.1 Å². The molecule has 160 valence electrons. The number of esters is 1. The Morgan fingerprint density at radius 1 is 1.13 bits per heavy atom. The minimum Gasteiger partial charge on any atom is -0.497 e. The summed E-state index contributed by atoms with van der Waals surface area (Å²) in [6.07, 6.45) is 5.14. The fourth-order valence-electron chi connectivity index (χ4n) is 4.57. The zero-order valence-electron chi connectivity index (χ0n) is 17.8. The molecule has 30 heavy (non-hydrogen) atoms. The minimum atomic E-state index is -0.426. The second kappa shape index (κ2) is 8.80.